The van der Waals surface area contributed by atoms with E-state index in [1.54, 1.807) is 0 Å². The Labute approximate surface area is 114 Å². The molecule has 100 valence electrons. The first kappa shape index (κ1) is 12.4. The van der Waals surface area contributed by atoms with Crippen LogP contribution in [0.5, 0.6) is 0 Å². The minimum Gasteiger partial charge on any atom is -0.310 e. The largest absolute Gasteiger partial charge is 0.310 e. The first-order valence-corrected chi connectivity index (χ1v) is 7.13. The lowest BCUT2D eigenvalue weighted by Crippen LogP contribution is -2.15. The van der Waals surface area contributed by atoms with Crippen molar-refractivity contribution in [3.8, 4) is 11.1 Å². The van der Waals surface area contributed by atoms with Gasteiger partial charge in [-0.3, -0.25) is 4.68 Å². The lowest BCUT2D eigenvalue weighted by molar-refractivity contribution is 0.653. The summed E-state index contributed by atoms with van der Waals surface area (Å²) in [6, 6.07) is 9.54. The molecule has 0 unspecified atom stereocenters. The highest BCUT2D eigenvalue weighted by Crippen LogP contribution is 2.24. The third-order valence-corrected chi connectivity index (χ3v) is 3.68. The van der Waals surface area contributed by atoms with Crippen LogP contribution in [0, 0.1) is 6.92 Å². The zero-order valence-corrected chi connectivity index (χ0v) is 11.7. The molecule has 1 aliphatic carbocycles. The summed E-state index contributed by atoms with van der Waals surface area (Å²) in [4.78, 5) is 0. The molecule has 0 atom stereocenters. The summed E-state index contributed by atoms with van der Waals surface area (Å²) >= 11 is 0. The highest BCUT2D eigenvalue weighted by Gasteiger charge is 2.19. The summed E-state index contributed by atoms with van der Waals surface area (Å²) in [6.07, 6.45) is 4.81. The van der Waals surface area contributed by atoms with Gasteiger partial charge >= 0.3 is 0 Å². The minimum absolute atomic E-state index is 0.758. The van der Waals surface area contributed by atoms with Crippen molar-refractivity contribution < 1.29 is 0 Å². The van der Waals surface area contributed by atoms with Crippen molar-refractivity contribution in [2.45, 2.75) is 45.8 Å². The fourth-order valence-corrected chi connectivity index (χ4v) is 2.36. The molecule has 3 heteroatoms. The number of aromatic nitrogens is 2. The standard InChI is InChI=1S/C16H21N3/c1-3-19-11-16(12(2)18-19)14-6-4-5-13(9-14)10-17-15-7-8-15/h4-6,9,11,15,17H,3,7-8,10H2,1-2H3. The van der Waals surface area contributed by atoms with Crippen LogP contribution in [-0.4, -0.2) is 15.8 Å². The van der Waals surface area contributed by atoms with Crippen LogP contribution in [-0.2, 0) is 13.1 Å². The Balaban J connectivity index is 1.82. The molecule has 3 rings (SSSR count). The Hall–Kier alpha value is -1.61. The van der Waals surface area contributed by atoms with Crippen molar-refractivity contribution in [2.75, 3.05) is 0 Å². The summed E-state index contributed by atoms with van der Waals surface area (Å²) in [7, 11) is 0. The molecule has 1 fully saturated rings. The molecule has 1 saturated carbocycles. The Morgan fingerprint density at radius 2 is 2.21 bits per heavy atom. The van der Waals surface area contributed by atoms with Crippen LogP contribution in [0.25, 0.3) is 11.1 Å². The van der Waals surface area contributed by atoms with E-state index in [1.165, 1.54) is 29.5 Å². The van der Waals surface area contributed by atoms with Crippen LogP contribution in [0.2, 0.25) is 0 Å². The first-order chi connectivity index (χ1) is 9.26. The number of hydrogen-bond acceptors (Lipinski definition) is 2. The van der Waals surface area contributed by atoms with E-state index in [2.05, 4.69) is 54.7 Å². The van der Waals surface area contributed by atoms with Crippen LogP contribution in [0.1, 0.15) is 31.0 Å². The van der Waals surface area contributed by atoms with E-state index in [1.807, 2.05) is 4.68 Å². The summed E-state index contributed by atoms with van der Waals surface area (Å²) in [5.74, 6) is 0. The van der Waals surface area contributed by atoms with Crippen molar-refractivity contribution in [1.82, 2.24) is 15.1 Å². The average Bonchev–Trinajstić information content (AvgIpc) is 3.18. The number of rotatable bonds is 5. The van der Waals surface area contributed by atoms with Gasteiger partial charge in [0.2, 0.25) is 0 Å². The lowest BCUT2D eigenvalue weighted by Gasteiger charge is -2.05. The molecule has 0 amide bonds. The number of benzene rings is 1. The minimum atomic E-state index is 0.758. The van der Waals surface area contributed by atoms with Crippen LogP contribution in [0.4, 0.5) is 0 Å². The Morgan fingerprint density at radius 3 is 2.89 bits per heavy atom. The molecular weight excluding hydrogens is 234 g/mol. The zero-order valence-electron chi connectivity index (χ0n) is 11.7. The molecule has 1 aromatic carbocycles. The lowest BCUT2D eigenvalue weighted by atomic mass is 10.0. The second-order valence-corrected chi connectivity index (χ2v) is 5.34. The molecule has 3 nitrogen and oxygen atoms in total. The van der Waals surface area contributed by atoms with Gasteiger partial charge in [-0.25, -0.2) is 0 Å². The van der Waals surface area contributed by atoms with Crippen molar-refractivity contribution in [3.63, 3.8) is 0 Å². The van der Waals surface area contributed by atoms with Gasteiger partial charge in [-0.05, 0) is 43.9 Å². The number of hydrogen-bond donors (Lipinski definition) is 1. The van der Waals surface area contributed by atoms with Crippen molar-refractivity contribution in [2.24, 2.45) is 0 Å². The van der Waals surface area contributed by atoms with Gasteiger partial charge in [0.05, 0.1) is 5.69 Å². The van der Waals surface area contributed by atoms with Crippen molar-refractivity contribution >= 4 is 0 Å². The fraction of sp³-hybridized carbons (Fsp3) is 0.438. The fourth-order valence-electron chi connectivity index (χ4n) is 2.36. The van der Waals surface area contributed by atoms with E-state index in [0.29, 0.717) is 0 Å². The highest BCUT2D eigenvalue weighted by molar-refractivity contribution is 5.65. The third kappa shape index (κ3) is 2.87. The molecule has 2 aromatic rings. The maximum Gasteiger partial charge on any atom is 0.0672 e. The quantitative estimate of drug-likeness (QED) is 0.889. The summed E-state index contributed by atoms with van der Waals surface area (Å²) < 4.78 is 2.00. The maximum absolute atomic E-state index is 4.52. The zero-order chi connectivity index (χ0) is 13.2. The summed E-state index contributed by atoms with van der Waals surface area (Å²) in [5, 5.41) is 8.08. The number of nitrogens with zero attached hydrogens (tertiary/aromatic N) is 2. The van der Waals surface area contributed by atoms with Crippen LogP contribution < -0.4 is 5.32 Å². The van der Waals surface area contributed by atoms with Gasteiger partial charge in [0.15, 0.2) is 0 Å². The van der Waals surface area contributed by atoms with Gasteiger partial charge in [-0.15, -0.1) is 0 Å². The maximum atomic E-state index is 4.52. The number of aryl methyl sites for hydroxylation is 2. The number of nitrogens with one attached hydrogen (secondary N) is 1. The van der Waals surface area contributed by atoms with Gasteiger partial charge in [0.1, 0.15) is 0 Å². The smallest absolute Gasteiger partial charge is 0.0672 e. The Kier molecular flexibility index (Phi) is 3.38. The Bertz CT molecular complexity index is 567. The second kappa shape index (κ2) is 5.17. The normalized spacial score (nSPS) is 14.8. The van der Waals surface area contributed by atoms with Gasteiger partial charge in [-0.2, -0.15) is 5.10 Å². The summed E-state index contributed by atoms with van der Waals surface area (Å²) in [6.45, 7) is 6.09. The van der Waals surface area contributed by atoms with Gasteiger partial charge in [0.25, 0.3) is 0 Å². The molecule has 1 aliphatic rings. The van der Waals surface area contributed by atoms with Gasteiger partial charge < -0.3 is 5.32 Å². The van der Waals surface area contributed by atoms with Gasteiger partial charge in [0, 0.05) is 30.9 Å². The van der Waals surface area contributed by atoms with Crippen LogP contribution in [0.3, 0.4) is 0 Å². The molecule has 0 saturated heterocycles. The third-order valence-electron chi connectivity index (χ3n) is 3.68. The van der Waals surface area contributed by atoms with Crippen LogP contribution in [0.15, 0.2) is 30.5 Å². The van der Waals surface area contributed by atoms with E-state index in [0.717, 1.165) is 24.8 Å². The predicted octanol–water partition coefficient (Wildman–Crippen LogP) is 3.13. The summed E-state index contributed by atoms with van der Waals surface area (Å²) in [5.41, 5.74) is 4.98. The van der Waals surface area contributed by atoms with E-state index in [-0.39, 0.29) is 0 Å². The molecule has 1 heterocycles. The SMILES string of the molecule is CCn1cc(-c2cccc(CNC3CC3)c2)c(C)n1. The second-order valence-electron chi connectivity index (χ2n) is 5.34. The molecule has 0 spiro atoms. The van der Waals surface area contributed by atoms with Crippen molar-refractivity contribution in [1.29, 1.82) is 0 Å². The van der Waals surface area contributed by atoms with E-state index < -0.39 is 0 Å². The topological polar surface area (TPSA) is 29.9 Å². The van der Waals surface area contributed by atoms with Gasteiger partial charge in [-0.1, -0.05) is 18.2 Å². The molecule has 1 N–H and O–H groups in total. The van der Waals surface area contributed by atoms with E-state index in [9.17, 15) is 0 Å². The van der Waals surface area contributed by atoms with E-state index >= 15 is 0 Å². The molecule has 19 heavy (non-hydrogen) atoms. The predicted molar refractivity (Wildman–Crippen MR) is 77.9 cm³/mol. The first-order valence-electron chi connectivity index (χ1n) is 7.13. The van der Waals surface area contributed by atoms with Crippen molar-refractivity contribution in [3.05, 3.63) is 41.7 Å². The highest BCUT2D eigenvalue weighted by atomic mass is 15.3. The monoisotopic (exact) mass is 255 g/mol. The Morgan fingerprint density at radius 1 is 1.37 bits per heavy atom. The van der Waals surface area contributed by atoms with E-state index in [4.69, 9.17) is 0 Å². The molecule has 1 aromatic heterocycles. The average molecular weight is 255 g/mol. The molecule has 0 bridgehead atoms. The van der Waals surface area contributed by atoms with Crippen LogP contribution >= 0.6 is 0 Å². The molecule has 0 aliphatic heterocycles. The molecular formula is C16H21N3. The molecule has 0 radical (unpaired) electrons.